The number of carboxylic acid groups (broad SMARTS) is 1. The second-order valence-electron chi connectivity index (χ2n) is 9.05. The molecule has 2 fully saturated rings. The standard InChI is InChI=1S/C21H36N2O4/c1-21(2,20(26)27)12-13-22-19(25)16-8-10-17(11-9-16)23-18(24)14-15-6-4-3-5-7-15/h15-17H,3-14H2,1-2H3,(H,22,25)(H,23,24)(H,26,27). The average Bonchev–Trinajstić information content (AvgIpc) is 2.62. The van der Waals surface area contributed by atoms with Crippen molar-refractivity contribution in [2.45, 2.75) is 90.5 Å². The van der Waals surface area contributed by atoms with Crippen molar-refractivity contribution < 1.29 is 19.5 Å². The van der Waals surface area contributed by atoms with E-state index in [1.54, 1.807) is 13.8 Å². The molecular formula is C21H36N2O4. The molecule has 2 amide bonds. The van der Waals surface area contributed by atoms with E-state index >= 15 is 0 Å². The van der Waals surface area contributed by atoms with Gasteiger partial charge in [0.05, 0.1) is 5.41 Å². The number of hydrogen-bond donors (Lipinski definition) is 3. The van der Waals surface area contributed by atoms with Gasteiger partial charge in [0.2, 0.25) is 11.8 Å². The van der Waals surface area contributed by atoms with E-state index in [-0.39, 0.29) is 23.8 Å². The van der Waals surface area contributed by atoms with Gasteiger partial charge >= 0.3 is 5.97 Å². The van der Waals surface area contributed by atoms with Crippen molar-refractivity contribution >= 4 is 17.8 Å². The van der Waals surface area contributed by atoms with Crippen molar-refractivity contribution in [3.63, 3.8) is 0 Å². The van der Waals surface area contributed by atoms with Gasteiger partial charge < -0.3 is 15.7 Å². The summed E-state index contributed by atoms with van der Waals surface area (Å²) in [5, 5.41) is 15.2. The fourth-order valence-electron chi connectivity index (χ4n) is 4.19. The normalized spacial score (nSPS) is 24.2. The summed E-state index contributed by atoms with van der Waals surface area (Å²) in [5.41, 5.74) is -0.826. The molecule has 0 unspecified atom stereocenters. The van der Waals surface area contributed by atoms with E-state index in [9.17, 15) is 14.4 Å². The molecule has 27 heavy (non-hydrogen) atoms. The van der Waals surface area contributed by atoms with E-state index in [2.05, 4.69) is 10.6 Å². The Labute approximate surface area is 162 Å². The monoisotopic (exact) mass is 380 g/mol. The quantitative estimate of drug-likeness (QED) is 0.602. The molecule has 0 aromatic heterocycles. The van der Waals surface area contributed by atoms with Crippen LogP contribution in [0.3, 0.4) is 0 Å². The second kappa shape index (κ2) is 10.1. The van der Waals surface area contributed by atoms with Gasteiger partial charge in [-0.25, -0.2) is 0 Å². The highest BCUT2D eigenvalue weighted by Crippen LogP contribution is 2.28. The Hall–Kier alpha value is -1.59. The molecular weight excluding hydrogens is 344 g/mol. The molecule has 0 spiro atoms. The van der Waals surface area contributed by atoms with Crippen LogP contribution in [0.2, 0.25) is 0 Å². The summed E-state index contributed by atoms with van der Waals surface area (Å²) in [6.07, 6.45) is 10.5. The highest BCUT2D eigenvalue weighted by Gasteiger charge is 2.29. The van der Waals surface area contributed by atoms with Crippen LogP contribution in [0, 0.1) is 17.3 Å². The van der Waals surface area contributed by atoms with Gasteiger partial charge in [-0.2, -0.15) is 0 Å². The second-order valence-corrected chi connectivity index (χ2v) is 9.05. The first-order valence-corrected chi connectivity index (χ1v) is 10.6. The maximum absolute atomic E-state index is 12.3. The summed E-state index contributed by atoms with van der Waals surface area (Å²) in [6, 6.07) is 0.191. The number of carboxylic acids is 1. The van der Waals surface area contributed by atoms with E-state index in [0.29, 0.717) is 25.3 Å². The lowest BCUT2D eigenvalue weighted by Gasteiger charge is -2.29. The van der Waals surface area contributed by atoms with Gasteiger partial charge in [-0.05, 0) is 64.7 Å². The molecule has 2 aliphatic rings. The maximum atomic E-state index is 12.3. The van der Waals surface area contributed by atoms with Gasteiger partial charge in [0.1, 0.15) is 0 Å². The Morgan fingerprint density at radius 1 is 0.963 bits per heavy atom. The van der Waals surface area contributed by atoms with Gasteiger partial charge in [-0.1, -0.05) is 19.3 Å². The van der Waals surface area contributed by atoms with Crippen LogP contribution >= 0.6 is 0 Å². The third-order valence-corrected chi connectivity index (χ3v) is 6.29. The van der Waals surface area contributed by atoms with Gasteiger partial charge in [0.25, 0.3) is 0 Å². The zero-order valence-electron chi connectivity index (χ0n) is 16.9. The third-order valence-electron chi connectivity index (χ3n) is 6.29. The highest BCUT2D eigenvalue weighted by atomic mass is 16.4. The molecule has 0 atom stereocenters. The first kappa shape index (κ1) is 21.7. The van der Waals surface area contributed by atoms with Crippen molar-refractivity contribution in [2.75, 3.05) is 6.54 Å². The van der Waals surface area contributed by atoms with Gasteiger partial charge in [-0.15, -0.1) is 0 Å². The largest absolute Gasteiger partial charge is 0.481 e. The fraction of sp³-hybridized carbons (Fsp3) is 0.857. The summed E-state index contributed by atoms with van der Waals surface area (Å²) in [6.45, 7) is 3.72. The minimum absolute atomic E-state index is 0.0168. The molecule has 3 N–H and O–H groups in total. The van der Waals surface area contributed by atoms with Crippen molar-refractivity contribution in [1.29, 1.82) is 0 Å². The number of rotatable bonds is 8. The molecule has 6 nitrogen and oxygen atoms in total. The minimum Gasteiger partial charge on any atom is -0.481 e. The number of carbonyl (C=O) groups is 3. The predicted octanol–water partition coefficient (Wildman–Crippen LogP) is 3.25. The van der Waals surface area contributed by atoms with Crippen LogP contribution in [0.15, 0.2) is 0 Å². The number of hydrogen-bond acceptors (Lipinski definition) is 3. The van der Waals surface area contributed by atoms with Gasteiger partial charge in [0.15, 0.2) is 0 Å². The highest BCUT2D eigenvalue weighted by molar-refractivity contribution is 5.79. The minimum atomic E-state index is -0.846. The van der Waals surface area contributed by atoms with E-state index in [4.69, 9.17) is 5.11 Å². The summed E-state index contributed by atoms with van der Waals surface area (Å²) in [4.78, 5) is 35.6. The lowest BCUT2D eigenvalue weighted by molar-refractivity contribution is -0.147. The first-order valence-electron chi connectivity index (χ1n) is 10.6. The van der Waals surface area contributed by atoms with Crippen molar-refractivity contribution in [3.8, 4) is 0 Å². The van der Waals surface area contributed by atoms with Crippen molar-refractivity contribution in [3.05, 3.63) is 0 Å². The summed E-state index contributed by atoms with van der Waals surface area (Å²) in [5.74, 6) is -0.129. The molecule has 0 aromatic rings. The maximum Gasteiger partial charge on any atom is 0.309 e. The third kappa shape index (κ3) is 7.15. The Balaban J connectivity index is 1.63. The van der Waals surface area contributed by atoms with E-state index in [1.807, 2.05) is 0 Å². The van der Waals surface area contributed by atoms with E-state index in [1.165, 1.54) is 32.1 Å². The van der Waals surface area contributed by atoms with E-state index in [0.717, 1.165) is 25.7 Å². The zero-order chi connectivity index (χ0) is 19.9. The number of carbonyl (C=O) groups excluding carboxylic acids is 2. The number of nitrogens with one attached hydrogen (secondary N) is 2. The van der Waals surface area contributed by atoms with Crippen LogP contribution in [0.5, 0.6) is 0 Å². The zero-order valence-corrected chi connectivity index (χ0v) is 16.9. The molecule has 0 saturated heterocycles. The van der Waals surface area contributed by atoms with Crippen LogP contribution in [0.4, 0.5) is 0 Å². The number of aliphatic carboxylic acids is 1. The SMILES string of the molecule is CC(C)(CCNC(=O)C1CCC(NC(=O)CC2CCCCC2)CC1)C(=O)O. The van der Waals surface area contributed by atoms with Crippen molar-refractivity contribution in [1.82, 2.24) is 10.6 Å². The lowest BCUT2D eigenvalue weighted by atomic mass is 9.84. The van der Waals surface area contributed by atoms with E-state index < -0.39 is 11.4 Å². The molecule has 154 valence electrons. The van der Waals surface area contributed by atoms with Crippen LogP contribution in [0.1, 0.15) is 84.5 Å². The molecule has 2 rings (SSSR count). The molecule has 6 heteroatoms. The van der Waals surface area contributed by atoms with Crippen LogP contribution < -0.4 is 10.6 Å². The van der Waals surface area contributed by atoms with Gasteiger partial charge in [0, 0.05) is 24.9 Å². The molecule has 0 radical (unpaired) electrons. The lowest BCUT2D eigenvalue weighted by Crippen LogP contribution is -2.42. The predicted molar refractivity (Wildman–Crippen MR) is 104 cm³/mol. The molecule has 0 aliphatic heterocycles. The smallest absolute Gasteiger partial charge is 0.309 e. The summed E-state index contributed by atoms with van der Waals surface area (Å²) < 4.78 is 0. The molecule has 0 heterocycles. The fourth-order valence-corrected chi connectivity index (χ4v) is 4.19. The van der Waals surface area contributed by atoms with Crippen LogP contribution in [-0.2, 0) is 14.4 Å². The Morgan fingerprint density at radius 3 is 2.19 bits per heavy atom. The average molecular weight is 381 g/mol. The molecule has 2 saturated carbocycles. The molecule has 2 aliphatic carbocycles. The summed E-state index contributed by atoms with van der Waals surface area (Å²) in [7, 11) is 0. The van der Waals surface area contributed by atoms with Gasteiger partial charge in [-0.3, -0.25) is 14.4 Å². The Kier molecular flexibility index (Phi) is 8.11. The van der Waals surface area contributed by atoms with Crippen LogP contribution in [-0.4, -0.2) is 35.5 Å². The number of amides is 2. The topological polar surface area (TPSA) is 95.5 Å². The molecule has 0 aromatic carbocycles. The Bertz CT molecular complexity index is 518. The van der Waals surface area contributed by atoms with Crippen LogP contribution in [0.25, 0.3) is 0 Å². The first-order chi connectivity index (χ1) is 12.8. The summed E-state index contributed by atoms with van der Waals surface area (Å²) >= 11 is 0. The molecule has 0 bridgehead atoms. The van der Waals surface area contributed by atoms with Crippen molar-refractivity contribution in [2.24, 2.45) is 17.3 Å². The Morgan fingerprint density at radius 2 is 1.59 bits per heavy atom.